The molecule has 1 aliphatic rings. The minimum atomic E-state index is -1.06. The van der Waals surface area contributed by atoms with E-state index < -0.39 is 35.1 Å². The number of halogens is 1. The molecule has 1 heterocycles. The normalized spacial score (nSPS) is 18.7. The molecule has 108 valence electrons. The molecule has 0 bridgehead atoms. The van der Waals surface area contributed by atoms with Crippen LogP contribution in [-0.2, 0) is 9.59 Å². The van der Waals surface area contributed by atoms with Gasteiger partial charge in [0.05, 0.1) is 5.69 Å². The standard InChI is InChI=1S/C14H12FN3O3/c1-7(2)11-12(19)17-14(21)18(13(11)20)10-5-3-4-9(15)8(10)6-16/h3-5,7,11H,1-2H3,(H,17,19,21). The van der Waals surface area contributed by atoms with Crippen molar-refractivity contribution in [2.24, 2.45) is 11.8 Å². The van der Waals surface area contributed by atoms with Gasteiger partial charge in [0.15, 0.2) is 0 Å². The molecule has 0 aromatic heterocycles. The van der Waals surface area contributed by atoms with Crippen molar-refractivity contribution in [2.75, 3.05) is 4.90 Å². The summed E-state index contributed by atoms with van der Waals surface area (Å²) in [5.41, 5.74) is -0.587. The van der Waals surface area contributed by atoms with Gasteiger partial charge < -0.3 is 0 Å². The average molecular weight is 289 g/mol. The number of carbonyl (C=O) groups is 3. The van der Waals surface area contributed by atoms with Gasteiger partial charge in [-0.2, -0.15) is 5.26 Å². The smallest absolute Gasteiger partial charge is 0.277 e. The molecule has 0 aliphatic carbocycles. The van der Waals surface area contributed by atoms with E-state index in [1.165, 1.54) is 12.1 Å². The molecule has 1 N–H and O–H groups in total. The molecule has 1 saturated heterocycles. The summed E-state index contributed by atoms with van der Waals surface area (Å²) in [6.45, 7) is 3.32. The zero-order valence-electron chi connectivity index (χ0n) is 11.4. The van der Waals surface area contributed by atoms with Crippen molar-refractivity contribution < 1.29 is 18.8 Å². The Morgan fingerprint density at radius 3 is 2.57 bits per heavy atom. The average Bonchev–Trinajstić information content (AvgIpc) is 2.37. The molecule has 2 rings (SSSR count). The van der Waals surface area contributed by atoms with E-state index in [1.54, 1.807) is 19.9 Å². The Bertz CT molecular complexity index is 679. The molecular weight excluding hydrogens is 277 g/mol. The van der Waals surface area contributed by atoms with Crippen molar-refractivity contribution in [3.05, 3.63) is 29.6 Å². The first kappa shape index (κ1) is 14.7. The Balaban J connectivity index is 2.55. The van der Waals surface area contributed by atoms with Gasteiger partial charge in [0, 0.05) is 0 Å². The van der Waals surface area contributed by atoms with Crippen LogP contribution in [0.4, 0.5) is 14.9 Å². The lowest BCUT2D eigenvalue weighted by atomic mass is 9.91. The number of benzene rings is 1. The third kappa shape index (κ3) is 2.36. The molecule has 0 spiro atoms. The number of imide groups is 2. The van der Waals surface area contributed by atoms with Gasteiger partial charge in [-0.05, 0) is 18.1 Å². The number of barbiturate groups is 1. The number of amides is 4. The predicted molar refractivity (Wildman–Crippen MR) is 70.5 cm³/mol. The van der Waals surface area contributed by atoms with Crippen LogP contribution in [0.5, 0.6) is 0 Å². The van der Waals surface area contributed by atoms with E-state index in [1.807, 2.05) is 0 Å². The fraction of sp³-hybridized carbons (Fsp3) is 0.286. The van der Waals surface area contributed by atoms with Gasteiger partial charge in [0.1, 0.15) is 23.4 Å². The Morgan fingerprint density at radius 2 is 2.00 bits per heavy atom. The van der Waals surface area contributed by atoms with E-state index in [9.17, 15) is 18.8 Å². The lowest BCUT2D eigenvalue weighted by Gasteiger charge is -2.32. The first-order chi connectivity index (χ1) is 9.88. The molecule has 0 radical (unpaired) electrons. The number of nitriles is 1. The van der Waals surface area contributed by atoms with Gasteiger partial charge in [-0.1, -0.05) is 19.9 Å². The van der Waals surface area contributed by atoms with Gasteiger partial charge in [0.25, 0.3) is 0 Å². The molecule has 1 atom stereocenters. The Labute approximate surface area is 120 Å². The number of anilines is 1. The van der Waals surface area contributed by atoms with E-state index in [4.69, 9.17) is 5.26 Å². The van der Waals surface area contributed by atoms with Crippen LogP contribution in [-0.4, -0.2) is 17.8 Å². The highest BCUT2D eigenvalue weighted by atomic mass is 19.1. The van der Waals surface area contributed by atoms with Crippen LogP contribution >= 0.6 is 0 Å². The Morgan fingerprint density at radius 1 is 1.33 bits per heavy atom. The molecule has 1 unspecified atom stereocenters. The zero-order chi connectivity index (χ0) is 15.7. The summed E-state index contributed by atoms with van der Waals surface area (Å²) in [5.74, 6) is -3.69. The molecular formula is C14H12FN3O3. The van der Waals surface area contributed by atoms with Crippen LogP contribution in [0, 0.1) is 29.0 Å². The number of hydrogen-bond donors (Lipinski definition) is 1. The van der Waals surface area contributed by atoms with E-state index in [0.717, 1.165) is 6.07 Å². The van der Waals surface area contributed by atoms with Crippen molar-refractivity contribution in [3.63, 3.8) is 0 Å². The summed E-state index contributed by atoms with van der Waals surface area (Å²) in [5, 5.41) is 11.1. The second-order valence-electron chi connectivity index (χ2n) is 4.94. The number of carbonyl (C=O) groups excluding carboxylic acids is 3. The topological polar surface area (TPSA) is 90.3 Å². The van der Waals surface area contributed by atoms with E-state index >= 15 is 0 Å². The SMILES string of the molecule is CC(C)C1C(=O)NC(=O)N(c2cccc(F)c2C#N)C1=O. The predicted octanol–water partition coefficient (Wildman–Crippen LogP) is 1.55. The fourth-order valence-corrected chi connectivity index (χ4v) is 2.22. The van der Waals surface area contributed by atoms with Gasteiger partial charge in [0.2, 0.25) is 11.8 Å². The van der Waals surface area contributed by atoms with E-state index in [-0.39, 0.29) is 11.6 Å². The lowest BCUT2D eigenvalue weighted by Crippen LogP contribution is -2.59. The van der Waals surface area contributed by atoms with Gasteiger partial charge in [-0.3, -0.25) is 14.9 Å². The molecule has 1 fully saturated rings. The maximum absolute atomic E-state index is 13.6. The summed E-state index contributed by atoms with van der Waals surface area (Å²) < 4.78 is 13.6. The monoisotopic (exact) mass is 289 g/mol. The number of hydrogen-bond acceptors (Lipinski definition) is 4. The molecule has 0 saturated carbocycles. The van der Waals surface area contributed by atoms with E-state index in [2.05, 4.69) is 5.32 Å². The second-order valence-corrected chi connectivity index (χ2v) is 4.94. The van der Waals surface area contributed by atoms with Crippen LogP contribution in [0.15, 0.2) is 18.2 Å². The third-order valence-corrected chi connectivity index (χ3v) is 3.21. The second kappa shape index (κ2) is 5.32. The first-order valence-electron chi connectivity index (χ1n) is 6.26. The zero-order valence-corrected chi connectivity index (χ0v) is 11.4. The minimum absolute atomic E-state index is 0.168. The Hall–Kier alpha value is -2.75. The highest BCUT2D eigenvalue weighted by molar-refractivity contribution is 6.28. The maximum atomic E-state index is 13.6. The minimum Gasteiger partial charge on any atom is -0.277 e. The van der Waals surface area contributed by atoms with Crippen molar-refractivity contribution >= 4 is 23.5 Å². The van der Waals surface area contributed by atoms with Crippen molar-refractivity contribution in [1.82, 2.24) is 5.32 Å². The largest absolute Gasteiger partial charge is 0.335 e. The molecule has 1 aliphatic heterocycles. The number of nitrogens with zero attached hydrogens (tertiary/aromatic N) is 2. The molecule has 4 amide bonds. The quantitative estimate of drug-likeness (QED) is 0.836. The summed E-state index contributed by atoms with van der Waals surface area (Å²) in [6.07, 6.45) is 0. The molecule has 21 heavy (non-hydrogen) atoms. The summed E-state index contributed by atoms with van der Waals surface area (Å²) in [6, 6.07) is 4.26. The molecule has 6 nitrogen and oxygen atoms in total. The number of urea groups is 1. The summed E-state index contributed by atoms with van der Waals surface area (Å²) in [7, 11) is 0. The van der Waals surface area contributed by atoms with Gasteiger partial charge >= 0.3 is 6.03 Å². The maximum Gasteiger partial charge on any atom is 0.335 e. The summed E-state index contributed by atoms with van der Waals surface area (Å²) >= 11 is 0. The van der Waals surface area contributed by atoms with Crippen LogP contribution in [0.2, 0.25) is 0 Å². The Kier molecular flexibility index (Phi) is 3.72. The van der Waals surface area contributed by atoms with Crippen molar-refractivity contribution in [1.29, 1.82) is 5.26 Å². The first-order valence-corrected chi connectivity index (χ1v) is 6.26. The molecule has 1 aromatic rings. The summed E-state index contributed by atoms with van der Waals surface area (Å²) in [4.78, 5) is 36.7. The van der Waals surface area contributed by atoms with Crippen LogP contribution < -0.4 is 10.2 Å². The van der Waals surface area contributed by atoms with E-state index in [0.29, 0.717) is 4.90 Å². The third-order valence-electron chi connectivity index (χ3n) is 3.21. The van der Waals surface area contributed by atoms with Gasteiger partial charge in [-0.25, -0.2) is 14.1 Å². The highest BCUT2D eigenvalue weighted by Gasteiger charge is 2.43. The molecule has 7 heteroatoms. The fourth-order valence-electron chi connectivity index (χ4n) is 2.22. The van der Waals surface area contributed by atoms with Crippen molar-refractivity contribution in [3.8, 4) is 6.07 Å². The van der Waals surface area contributed by atoms with Crippen molar-refractivity contribution in [2.45, 2.75) is 13.8 Å². The van der Waals surface area contributed by atoms with Crippen LogP contribution in [0.1, 0.15) is 19.4 Å². The van der Waals surface area contributed by atoms with Gasteiger partial charge in [-0.15, -0.1) is 0 Å². The van der Waals surface area contributed by atoms with Crippen LogP contribution in [0.3, 0.4) is 0 Å². The number of rotatable bonds is 2. The highest BCUT2D eigenvalue weighted by Crippen LogP contribution is 2.28. The molecule has 1 aromatic carbocycles. The lowest BCUT2D eigenvalue weighted by molar-refractivity contribution is -0.136. The van der Waals surface area contributed by atoms with Crippen LogP contribution in [0.25, 0.3) is 0 Å². The number of nitrogens with one attached hydrogen (secondary N) is 1.